The molecule has 3 heteroatoms. The van der Waals surface area contributed by atoms with Crippen LogP contribution in [0.5, 0.6) is 0 Å². The average molecular weight is 170 g/mol. The Morgan fingerprint density at radius 2 is 2.08 bits per heavy atom. The summed E-state index contributed by atoms with van der Waals surface area (Å²) in [6.07, 6.45) is 1.68. The van der Waals surface area contributed by atoms with Crippen LogP contribution in [0.15, 0.2) is 12.2 Å². The van der Waals surface area contributed by atoms with Crippen LogP contribution in [-0.2, 0) is 0 Å². The summed E-state index contributed by atoms with van der Waals surface area (Å²) < 4.78 is 0. The third kappa shape index (κ3) is 2.93. The quantitative estimate of drug-likeness (QED) is 0.584. The van der Waals surface area contributed by atoms with E-state index in [1.165, 1.54) is 0 Å². The average Bonchev–Trinajstić information content (AvgIpc) is 2.09. The third-order valence-corrected chi connectivity index (χ3v) is 2.29. The van der Waals surface area contributed by atoms with Crippen LogP contribution in [0.1, 0.15) is 12.8 Å². The zero-order valence-electron chi connectivity index (χ0n) is 7.50. The van der Waals surface area contributed by atoms with E-state index in [-0.39, 0.29) is 6.10 Å². The molecule has 3 N–H and O–H groups in total. The van der Waals surface area contributed by atoms with Gasteiger partial charge < -0.3 is 10.8 Å². The van der Waals surface area contributed by atoms with Gasteiger partial charge in [0.05, 0.1) is 6.10 Å². The van der Waals surface area contributed by atoms with Gasteiger partial charge in [-0.15, -0.1) is 0 Å². The Labute approximate surface area is 73.9 Å². The van der Waals surface area contributed by atoms with Crippen LogP contribution in [-0.4, -0.2) is 42.3 Å². The fraction of sp³-hybridized carbons (Fsp3) is 0.778. The molecule has 12 heavy (non-hydrogen) atoms. The first kappa shape index (κ1) is 9.71. The van der Waals surface area contributed by atoms with E-state index in [9.17, 15) is 5.11 Å². The largest absolute Gasteiger partial charge is 0.393 e. The topological polar surface area (TPSA) is 49.5 Å². The molecule has 0 aliphatic carbocycles. The van der Waals surface area contributed by atoms with Crippen LogP contribution in [0.25, 0.3) is 0 Å². The number of aliphatic hydroxyl groups is 1. The van der Waals surface area contributed by atoms with Crippen LogP contribution in [0.4, 0.5) is 0 Å². The van der Waals surface area contributed by atoms with Gasteiger partial charge >= 0.3 is 0 Å². The Morgan fingerprint density at radius 1 is 1.50 bits per heavy atom. The lowest BCUT2D eigenvalue weighted by molar-refractivity contribution is 0.0868. The van der Waals surface area contributed by atoms with Gasteiger partial charge in [0.2, 0.25) is 0 Å². The Balaban J connectivity index is 2.21. The molecule has 1 aliphatic rings. The molecule has 0 saturated carbocycles. The third-order valence-electron chi connectivity index (χ3n) is 2.29. The zero-order valence-corrected chi connectivity index (χ0v) is 7.50. The maximum Gasteiger partial charge on any atom is 0.0564 e. The van der Waals surface area contributed by atoms with Crippen molar-refractivity contribution in [2.45, 2.75) is 18.9 Å². The number of piperidine rings is 1. The molecule has 0 unspecified atom stereocenters. The van der Waals surface area contributed by atoms with Crippen LogP contribution in [0.2, 0.25) is 0 Å². The summed E-state index contributed by atoms with van der Waals surface area (Å²) in [5, 5.41) is 9.24. The lowest BCUT2D eigenvalue weighted by Gasteiger charge is -2.29. The van der Waals surface area contributed by atoms with Crippen LogP contribution in [0, 0.1) is 0 Å². The van der Waals surface area contributed by atoms with E-state index in [0.29, 0.717) is 6.54 Å². The van der Waals surface area contributed by atoms with E-state index in [2.05, 4.69) is 11.5 Å². The molecule has 0 aromatic heterocycles. The molecule has 0 radical (unpaired) electrons. The first-order valence-corrected chi connectivity index (χ1v) is 4.49. The summed E-state index contributed by atoms with van der Waals surface area (Å²) >= 11 is 0. The molecule has 0 aromatic rings. The molecule has 1 saturated heterocycles. The molecule has 0 bridgehead atoms. The maximum absolute atomic E-state index is 9.24. The number of likely N-dealkylation sites (tertiary alicyclic amines) is 1. The second-order valence-electron chi connectivity index (χ2n) is 3.46. The zero-order chi connectivity index (χ0) is 8.97. The predicted molar refractivity (Wildman–Crippen MR) is 49.9 cm³/mol. The molecule has 70 valence electrons. The van der Waals surface area contributed by atoms with Gasteiger partial charge in [0, 0.05) is 26.2 Å². The molecule has 0 atom stereocenters. The first-order chi connectivity index (χ1) is 5.72. The van der Waals surface area contributed by atoms with Gasteiger partial charge in [-0.1, -0.05) is 6.58 Å². The van der Waals surface area contributed by atoms with Crippen molar-refractivity contribution >= 4 is 0 Å². The van der Waals surface area contributed by atoms with E-state index in [1.54, 1.807) is 0 Å². The second-order valence-corrected chi connectivity index (χ2v) is 3.46. The monoisotopic (exact) mass is 170 g/mol. The highest BCUT2D eigenvalue weighted by molar-refractivity contribution is 4.99. The van der Waals surface area contributed by atoms with Crippen LogP contribution >= 0.6 is 0 Å². The molecule has 1 rings (SSSR count). The molecule has 0 amide bonds. The fourth-order valence-corrected chi connectivity index (χ4v) is 1.46. The van der Waals surface area contributed by atoms with Crippen molar-refractivity contribution < 1.29 is 5.11 Å². The Kier molecular flexibility index (Phi) is 3.72. The smallest absolute Gasteiger partial charge is 0.0564 e. The van der Waals surface area contributed by atoms with Gasteiger partial charge in [-0.2, -0.15) is 0 Å². The molecular formula is C9H18N2O. The fourth-order valence-electron chi connectivity index (χ4n) is 1.46. The number of aliphatic hydroxyl groups excluding tert-OH is 1. The van der Waals surface area contributed by atoms with Gasteiger partial charge in [0.15, 0.2) is 0 Å². The van der Waals surface area contributed by atoms with Crippen LogP contribution in [0.3, 0.4) is 0 Å². The van der Waals surface area contributed by atoms with E-state index in [1.807, 2.05) is 0 Å². The van der Waals surface area contributed by atoms with Crippen LogP contribution < -0.4 is 5.73 Å². The van der Waals surface area contributed by atoms with E-state index < -0.39 is 0 Å². The summed E-state index contributed by atoms with van der Waals surface area (Å²) in [6.45, 7) is 7.26. The Morgan fingerprint density at radius 3 is 2.58 bits per heavy atom. The van der Waals surface area contributed by atoms with Gasteiger partial charge in [-0.3, -0.25) is 4.90 Å². The number of rotatable bonds is 3. The summed E-state index contributed by atoms with van der Waals surface area (Å²) in [7, 11) is 0. The highest BCUT2D eigenvalue weighted by atomic mass is 16.3. The molecule has 1 aliphatic heterocycles. The lowest BCUT2D eigenvalue weighted by Crippen LogP contribution is -2.37. The van der Waals surface area contributed by atoms with Gasteiger partial charge in [-0.25, -0.2) is 0 Å². The standard InChI is InChI=1S/C9H18N2O/c1-8(6-10)7-11-4-2-9(12)3-5-11/h9,12H,1-7,10H2. The number of nitrogens with two attached hydrogens (primary N) is 1. The normalized spacial score (nSPS) is 21.2. The first-order valence-electron chi connectivity index (χ1n) is 4.49. The Bertz CT molecular complexity index is 151. The van der Waals surface area contributed by atoms with E-state index in [4.69, 9.17) is 5.73 Å². The number of hydrogen-bond donors (Lipinski definition) is 2. The summed E-state index contributed by atoms with van der Waals surface area (Å²) in [6, 6.07) is 0. The molecule has 3 nitrogen and oxygen atoms in total. The van der Waals surface area contributed by atoms with Crippen molar-refractivity contribution in [3.8, 4) is 0 Å². The van der Waals surface area contributed by atoms with Crippen molar-refractivity contribution in [2.75, 3.05) is 26.2 Å². The summed E-state index contributed by atoms with van der Waals surface area (Å²) in [4.78, 5) is 2.29. The Hall–Kier alpha value is -0.380. The van der Waals surface area contributed by atoms with Gasteiger partial charge in [0.25, 0.3) is 0 Å². The SMILES string of the molecule is C=C(CN)CN1CCC(O)CC1. The number of nitrogens with zero attached hydrogens (tertiary/aromatic N) is 1. The maximum atomic E-state index is 9.24. The highest BCUT2D eigenvalue weighted by Crippen LogP contribution is 2.10. The molecule has 1 heterocycles. The molecule has 0 spiro atoms. The minimum atomic E-state index is -0.0904. The summed E-state index contributed by atoms with van der Waals surface area (Å²) in [5.74, 6) is 0. The molecular weight excluding hydrogens is 152 g/mol. The minimum absolute atomic E-state index is 0.0904. The van der Waals surface area contributed by atoms with Gasteiger partial charge in [0.1, 0.15) is 0 Å². The van der Waals surface area contributed by atoms with Crippen molar-refractivity contribution in [1.29, 1.82) is 0 Å². The lowest BCUT2D eigenvalue weighted by atomic mass is 10.1. The van der Waals surface area contributed by atoms with Crippen molar-refractivity contribution in [3.63, 3.8) is 0 Å². The highest BCUT2D eigenvalue weighted by Gasteiger charge is 2.16. The van der Waals surface area contributed by atoms with Crippen molar-refractivity contribution in [3.05, 3.63) is 12.2 Å². The minimum Gasteiger partial charge on any atom is -0.393 e. The van der Waals surface area contributed by atoms with Gasteiger partial charge in [-0.05, 0) is 18.4 Å². The van der Waals surface area contributed by atoms with E-state index >= 15 is 0 Å². The summed E-state index contributed by atoms with van der Waals surface area (Å²) in [5.41, 5.74) is 6.52. The number of hydrogen-bond acceptors (Lipinski definition) is 3. The van der Waals surface area contributed by atoms with Crippen molar-refractivity contribution in [2.24, 2.45) is 5.73 Å². The second kappa shape index (κ2) is 4.60. The molecule has 1 fully saturated rings. The van der Waals surface area contributed by atoms with E-state index in [0.717, 1.165) is 38.0 Å². The molecule has 0 aromatic carbocycles. The van der Waals surface area contributed by atoms with Crippen molar-refractivity contribution in [1.82, 2.24) is 4.90 Å². The predicted octanol–water partition coefficient (Wildman–Crippen LogP) is -0.0420.